The summed E-state index contributed by atoms with van der Waals surface area (Å²) in [6.07, 6.45) is 2.95. The van der Waals surface area contributed by atoms with Crippen LogP contribution >= 0.6 is 0 Å². The van der Waals surface area contributed by atoms with Crippen LogP contribution in [0.3, 0.4) is 0 Å². The molecule has 1 aromatic heterocycles. The number of benzene rings is 1. The molecule has 1 aromatic carbocycles. The zero-order valence-corrected chi connectivity index (χ0v) is 16.8. The monoisotopic (exact) mass is 393 g/mol. The minimum Gasteiger partial charge on any atom is -0.352 e. The van der Waals surface area contributed by atoms with Crippen LogP contribution in [0, 0.1) is 0 Å². The Balaban J connectivity index is 1.71. The van der Waals surface area contributed by atoms with Gasteiger partial charge in [0.25, 0.3) is 0 Å². The first-order valence-electron chi connectivity index (χ1n) is 9.17. The quantitative estimate of drug-likeness (QED) is 0.750. The van der Waals surface area contributed by atoms with Gasteiger partial charge in [-0.25, -0.2) is 17.7 Å². The molecule has 3 rings (SSSR count). The molecule has 148 valence electrons. The van der Waals surface area contributed by atoms with Crippen LogP contribution in [0.25, 0.3) is 11.0 Å². The molecular weight excluding hydrogens is 366 g/mol. The van der Waals surface area contributed by atoms with Gasteiger partial charge >= 0.3 is 0 Å². The van der Waals surface area contributed by atoms with Crippen LogP contribution in [-0.4, -0.2) is 61.4 Å². The van der Waals surface area contributed by atoms with Crippen molar-refractivity contribution < 1.29 is 13.2 Å². The van der Waals surface area contributed by atoms with Crippen molar-refractivity contribution >= 4 is 27.0 Å². The lowest BCUT2D eigenvalue weighted by Gasteiger charge is -2.23. The molecule has 1 atom stereocenters. The predicted molar refractivity (Wildman–Crippen MR) is 104 cm³/mol. The summed E-state index contributed by atoms with van der Waals surface area (Å²) in [6, 6.07) is 5.13. The maximum absolute atomic E-state index is 12.3. The second-order valence-corrected chi connectivity index (χ2v) is 9.29. The van der Waals surface area contributed by atoms with Gasteiger partial charge in [0, 0.05) is 46.6 Å². The van der Waals surface area contributed by atoms with Gasteiger partial charge in [0.15, 0.2) is 0 Å². The van der Waals surface area contributed by atoms with Gasteiger partial charge in [0.2, 0.25) is 15.9 Å². The van der Waals surface area contributed by atoms with Gasteiger partial charge < -0.3 is 15.2 Å². The summed E-state index contributed by atoms with van der Waals surface area (Å²) < 4.78 is 27.7. The summed E-state index contributed by atoms with van der Waals surface area (Å²) in [4.78, 5) is 17.0. The molecule has 1 aliphatic rings. The molecule has 8 nitrogen and oxygen atoms in total. The van der Waals surface area contributed by atoms with Gasteiger partial charge in [-0.15, -0.1) is 0 Å². The summed E-state index contributed by atoms with van der Waals surface area (Å²) in [7, 11) is 1.39. The lowest BCUT2D eigenvalue weighted by molar-refractivity contribution is -0.121. The van der Waals surface area contributed by atoms with Gasteiger partial charge in [0.1, 0.15) is 5.82 Å². The number of carbonyl (C=O) groups excluding carboxylic acids is 1. The van der Waals surface area contributed by atoms with Crippen LogP contribution in [0.4, 0.5) is 0 Å². The molecule has 1 fully saturated rings. The number of hydrogen-bond donors (Lipinski definition) is 2. The fourth-order valence-electron chi connectivity index (χ4n) is 3.32. The van der Waals surface area contributed by atoms with Crippen LogP contribution in [0.2, 0.25) is 0 Å². The number of aromatic nitrogens is 2. The highest BCUT2D eigenvalue weighted by atomic mass is 32.2. The molecule has 9 heteroatoms. The molecule has 0 radical (unpaired) electrons. The first-order chi connectivity index (χ1) is 12.8. The molecule has 1 saturated heterocycles. The Labute approximate surface area is 160 Å². The van der Waals surface area contributed by atoms with Gasteiger partial charge in [-0.1, -0.05) is 0 Å². The molecule has 2 aromatic rings. The summed E-state index contributed by atoms with van der Waals surface area (Å²) in [5.41, 5.74) is 1.46. The third kappa shape index (κ3) is 4.31. The maximum Gasteiger partial charge on any atom is 0.242 e. The third-order valence-electron chi connectivity index (χ3n) is 4.96. The van der Waals surface area contributed by atoms with Crippen LogP contribution in [0.1, 0.15) is 25.1 Å². The Morgan fingerprint density at radius 2 is 2.19 bits per heavy atom. The Morgan fingerprint density at radius 3 is 2.85 bits per heavy atom. The molecule has 1 unspecified atom stereocenters. The predicted octanol–water partition coefficient (Wildman–Crippen LogP) is 0.624. The van der Waals surface area contributed by atoms with E-state index in [0.29, 0.717) is 18.4 Å². The lowest BCUT2D eigenvalue weighted by Crippen LogP contribution is -2.45. The van der Waals surface area contributed by atoms with Crippen molar-refractivity contribution in [1.29, 1.82) is 0 Å². The number of sulfonamides is 1. The molecule has 0 spiro atoms. The van der Waals surface area contributed by atoms with Gasteiger partial charge in [0.05, 0.1) is 15.9 Å². The summed E-state index contributed by atoms with van der Waals surface area (Å²) in [5, 5.41) is 6.34. The Bertz CT molecular complexity index is 930. The van der Waals surface area contributed by atoms with E-state index in [-0.39, 0.29) is 16.8 Å². The lowest BCUT2D eigenvalue weighted by atomic mass is 10.1. The zero-order valence-electron chi connectivity index (χ0n) is 16.0. The first kappa shape index (κ1) is 19.8. The molecule has 2 heterocycles. The topological polar surface area (TPSA) is 96.3 Å². The number of aryl methyl sites for hydroxylation is 2. The second kappa shape index (κ2) is 7.95. The highest BCUT2D eigenvalue weighted by molar-refractivity contribution is 7.89. The van der Waals surface area contributed by atoms with E-state index < -0.39 is 10.0 Å². The standard InChI is InChI=1S/C18H27N5O3S/c1-22(2)27(25,26)14-6-7-16-15(11-14)21-17(23(16)3)8-9-18(24)20-13-5-4-10-19-12-13/h6-7,11,13,19H,4-5,8-10,12H2,1-3H3,(H,20,24). The highest BCUT2D eigenvalue weighted by Gasteiger charge is 2.20. The number of hydrogen-bond acceptors (Lipinski definition) is 5. The van der Waals surface area contributed by atoms with Crippen LogP contribution in [-0.2, 0) is 28.3 Å². The number of carbonyl (C=O) groups is 1. The largest absolute Gasteiger partial charge is 0.352 e. The molecular formula is C18H27N5O3S. The molecule has 0 aliphatic carbocycles. The van der Waals surface area contributed by atoms with Crippen LogP contribution in [0.15, 0.2) is 23.1 Å². The van der Waals surface area contributed by atoms with Crippen LogP contribution < -0.4 is 10.6 Å². The fourth-order valence-corrected chi connectivity index (χ4v) is 4.25. The smallest absolute Gasteiger partial charge is 0.242 e. The Hall–Kier alpha value is -1.97. The number of fused-ring (bicyclic) bond motifs is 1. The normalized spacial score (nSPS) is 18.1. The fraction of sp³-hybridized carbons (Fsp3) is 0.556. The van der Waals surface area contributed by atoms with Gasteiger partial charge in [-0.2, -0.15) is 0 Å². The van der Waals surface area contributed by atoms with E-state index in [1.54, 1.807) is 18.2 Å². The number of amides is 1. The van der Waals surface area contributed by atoms with Crippen molar-refractivity contribution in [3.63, 3.8) is 0 Å². The molecule has 1 amide bonds. The number of imidazole rings is 1. The molecule has 0 bridgehead atoms. The zero-order chi connectivity index (χ0) is 19.6. The number of rotatable bonds is 6. The minimum absolute atomic E-state index is 0.0200. The van der Waals surface area contributed by atoms with E-state index in [1.165, 1.54) is 18.4 Å². The second-order valence-electron chi connectivity index (χ2n) is 7.14. The van der Waals surface area contributed by atoms with Crippen molar-refractivity contribution in [3.8, 4) is 0 Å². The average Bonchev–Trinajstić information content (AvgIpc) is 2.96. The molecule has 2 N–H and O–H groups in total. The van der Waals surface area contributed by atoms with E-state index in [4.69, 9.17) is 0 Å². The average molecular weight is 394 g/mol. The maximum atomic E-state index is 12.3. The van der Waals surface area contributed by atoms with Crippen molar-refractivity contribution in [2.45, 2.75) is 36.6 Å². The van der Waals surface area contributed by atoms with Crippen molar-refractivity contribution in [3.05, 3.63) is 24.0 Å². The Morgan fingerprint density at radius 1 is 1.41 bits per heavy atom. The first-order valence-corrected chi connectivity index (χ1v) is 10.6. The number of nitrogens with zero attached hydrogens (tertiary/aromatic N) is 3. The number of nitrogens with one attached hydrogen (secondary N) is 2. The van der Waals surface area contributed by atoms with Crippen molar-refractivity contribution in [1.82, 2.24) is 24.5 Å². The van der Waals surface area contributed by atoms with E-state index in [2.05, 4.69) is 15.6 Å². The van der Waals surface area contributed by atoms with E-state index in [0.717, 1.165) is 37.3 Å². The molecule has 1 aliphatic heterocycles. The van der Waals surface area contributed by atoms with Crippen LogP contribution in [0.5, 0.6) is 0 Å². The summed E-state index contributed by atoms with van der Waals surface area (Å²) >= 11 is 0. The molecule has 0 saturated carbocycles. The SMILES string of the molecule is CN(C)S(=O)(=O)c1ccc2c(c1)nc(CCC(=O)NC1CCCNC1)n2C. The van der Waals surface area contributed by atoms with E-state index in [1.807, 2.05) is 11.6 Å². The number of piperidine rings is 1. The van der Waals surface area contributed by atoms with Gasteiger partial charge in [-0.3, -0.25) is 4.79 Å². The minimum atomic E-state index is -3.50. The van der Waals surface area contributed by atoms with E-state index in [9.17, 15) is 13.2 Å². The van der Waals surface area contributed by atoms with Crippen molar-refractivity contribution in [2.24, 2.45) is 7.05 Å². The molecule has 27 heavy (non-hydrogen) atoms. The van der Waals surface area contributed by atoms with E-state index >= 15 is 0 Å². The van der Waals surface area contributed by atoms with Crippen molar-refractivity contribution in [2.75, 3.05) is 27.2 Å². The summed E-state index contributed by atoms with van der Waals surface area (Å²) in [5.74, 6) is 0.785. The Kier molecular flexibility index (Phi) is 5.83. The third-order valence-corrected chi connectivity index (χ3v) is 6.77. The highest BCUT2D eigenvalue weighted by Crippen LogP contribution is 2.21. The van der Waals surface area contributed by atoms with Gasteiger partial charge in [-0.05, 0) is 37.6 Å². The summed E-state index contributed by atoms with van der Waals surface area (Å²) in [6.45, 7) is 1.83.